The number of oxime groups is 1. The molecule has 0 aromatic heterocycles. The average molecular weight is 238 g/mol. The largest absolute Gasteiger partial charge is 0.345 e. The maximum atomic E-state index is 11.4. The molecule has 0 saturated heterocycles. The van der Waals surface area contributed by atoms with Crippen molar-refractivity contribution in [1.29, 1.82) is 0 Å². The second kappa shape index (κ2) is 5.63. The lowest BCUT2D eigenvalue weighted by Crippen LogP contribution is -2.53. The number of fused-ring (bicyclic) bond motifs is 1. The van der Waals surface area contributed by atoms with E-state index >= 15 is 0 Å². The lowest BCUT2D eigenvalue weighted by atomic mass is 9.77. The summed E-state index contributed by atoms with van der Waals surface area (Å²) in [6.45, 7) is 5.47. The van der Waals surface area contributed by atoms with Gasteiger partial charge in [-0.25, -0.2) is 4.79 Å². The lowest BCUT2D eigenvalue weighted by Gasteiger charge is -2.33. The Bertz CT molecular complexity index is 315. The third-order valence-corrected chi connectivity index (χ3v) is 3.91. The average Bonchev–Trinajstić information content (AvgIpc) is 2.58. The van der Waals surface area contributed by atoms with E-state index in [2.05, 4.69) is 29.2 Å². The summed E-state index contributed by atoms with van der Waals surface area (Å²) in [6, 6.07) is 0.263. The molecular weight excluding hydrogens is 216 g/mol. The molecular formula is C13H22N2O2. The van der Waals surface area contributed by atoms with Gasteiger partial charge in [0, 0.05) is 12.5 Å². The molecule has 1 aliphatic heterocycles. The first-order valence-electron chi connectivity index (χ1n) is 6.77. The van der Waals surface area contributed by atoms with Crippen LogP contribution in [0.25, 0.3) is 0 Å². The van der Waals surface area contributed by atoms with E-state index in [1.165, 1.54) is 25.7 Å². The fraction of sp³-hybridized carbons (Fsp3) is 0.846. The van der Waals surface area contributed by atoms with E-state index < -0.39 is 0 Å². The number of rotatable bonds is 7. The van der Waals surface area contributed by atoms with E-state index in [9.17, 15) is 4.79 Å². The van der Waals surface area contributed by atoms with Gasteiger partial charge in [0.25, 0.3) is 0 Å². The van der Waals surface area contributed by atoms with Gasteiger partial charge < -0.3 is 10.2 Å². The summed E-state index contributed by atoms with van der Waals surface area (Å²) in [5.74, 6) is 0.470. The van der Waals surface area contributed by atoms with E-state index in [0.717, 1.165) is 24.6 Å². The van der Waals surface area contributed by atoms with Crippen LogP contribution in [0.4, 0.5) is 0 Å². The van der Waals surface area contributed by atoms with Crippen LogP contribution in [0.2, 0.25) is 0 Å². The van der Waals surface area contributed by atoms with Crippen LogP contribution in [0.1, 0.15) is 46.0 Å². The number of unbranched alkanes of at least 4 members (excludes halogenated alkanes) is 1. The van der Waals surface area contributed by atoms with Gasteiger partial charge in [-0.2, -0.15) is 0 Å². The number of nitrogens with zero attached hydrogens (tertiary/aromatic N) is 1. The van der Waals surface area contributed by atoms with Crippen LogP contribution < -0.4 is 5.32 Å². The minimum Gasteiger partial charge on any atom is -0.317 e. The summed E-state index contributed by atoms with van der Waals surface area (Å²) < 4.78 is 0. The third-order valence-electron chi connectivity index (χ3n) is 3.91. The van der Waals surface area contributed by atoms with E-state index in [4.69, 9.17) is 0 Å². The molecule has 3 atom stereocenters. The molecule has 0 aromatic rings. The van der Waals surface area contributed by atoms with Crippen LogP contribution in [-0.2, 0) is 9.63 Å². The van der Waals surface area contributed by atoms with Gasteiger partial charge >= 0.3 is 5.97 Å². The third kappa shape index (κ3) is 2.68. The SMILES string of the molecule is CCCCC(CC)CNC1CC2=NOC(=O)C21. The van der Waals surface area contributed by atoms with E-state index in [1.54, 1.807) is 0 Å². The van der Waals surface area contributed by atoms with Gasteiger partial charge in [0.15, 0.2) is 0 Å². The lowest BCUT2D eigenvalue weighted by molar-refractivity contribution is -0.144. The first kappa shape index (κ1) is 12.6. The minimum atomic E-state index is -0.176. The number of hydrogen-bond acceptors (Lipinski definition) is 4. The van der Waals surface area contributed by atoms with Crippen molar-refractivity contribution in [2.45, 2.75) is 52.0 Å². The summed E-state index contributed by atoms with van der Waals surface area (Å²) in [6.07, 6.45) is 5.91. The second-order valence-electron chi connectivity index (χ2n) is 5.11. The Kier molecular flexibility index (Phi) is 4.15. The van der Waals surface area contributed by atoms with Crippen LogP contribution in [0, 0.1) is 11.8 Å². The Balaban J connectivity index is 1.71. The van der Waals surface area contributed by atoms with Gasteiger partial charge in [-0.1, -0.05) is 38.3 Å². The second-order valence-corrected chi connectivity index (χ2v) is 5.11. The van der Waals surface area contributed by atoms with Crippen molar-refractivity contribution in [3.63, 3.8) is 0 Å². The van der Waals surface area contributed by atoms with E-state index in [1.807, 2.05) is 0 Å². The van der Waals surface area contributed by atoms with E-state index in [-0.39, 0.29) is 17.9 Å². The van der Waals surface area contributed by atoms with Crippen molar-refractivity contribution in [2.24, 2.45) is 17.0 Å². The van der Waals surface area contributed by atoms with Crippen molar-refractivity contribution < 1.29 is 9.63 Å². The number of carbonyl (C=O) groups is 1. The van der Waals surface area contributed by atoms with Gasteiger partial charge in [0.05, 0.1) is 5.71 Å². The first-order chi connectivity index (χ1) is 8.26. The first-order valence-corrected chi connectivity index (χ1v) is 6.77. The van der Waals surface area contributed by atoms with E-state index in [0.29, 0.717) is 0 Å². The Morgan fingerprint density at radius 2 is 2.35 bits per heavy atom. The highest BCUT2D eigenvalue weighted by Gasteiger charge is 2.48. The molecule has 1 aliphatic carbocycles. The maximum Gasteiger partial charge on any atom is 0.345 e. The van der Waals surface area contributed by atoms with Crippen LogP contribution in [-0.4, -0.2) is 24.3 Å². The number of carbonyl (C=O) groups excluding carboxylic acids is 1. The summed E-state index contributed by atoms with van der Waals surface area (Å²) in [5.41, 5.74) is 0.925. The number of nitrogens with one attached hydrogen (secondary N) is 1. The zero-order chi connectivity index (χ0) is 12.3. The zero-order valence-electron chi connectivity index (χ0n) is 10.7. The Morgan fingerprint density at radius 1 is 1.53 bits per heavy atom. The predicted octanol–water partition coefficient (Wildman–Crippen LogP) is 2.09. The fourth-order valence-electron chi connectivity index (χ4n) is 2.55. The highest BCUT2D eigenvalue weighted by Crippen LogP contribution is 2.31. The minimum absolute atomic E-state index is 0.0846. The predicted molar refractivity (Wildman–Crippen MR) is 66.7 cm³/mol. The van der Waals surface area contributed by atoms with Crippen molar-refractivity contribution in [2.75, 3.05) is 6.54 Å². The molecule has 96 valence electrons. The topological polar surface area (TPSA) is 50.7 Å². The molecule has 2 rings (SSSR count). The molecule has 0 spiro atoms. The van der Waals surface area contributed by atoms with Gasteiger partial charge in [-0.05, 0) is 18.9 Å². The molecule has 2 aliphatic rings. The molecule has 4 nitrogen and oxygen atoms in total. The van der Waals surface area contributed by atoms with Gasteiger partial charge in [-0.15, -0.1) is 0 Å². The molecule has 17 heavy (non-hydrogen) atoms. The highest BCUT2D eigenvalue weighted by molar-refractivity contribution is 6.10. The van der Waals surface area contributed by atoms with Crippen LogP contribution in [0.3, 0.4) is 0 Å². The molecule has 1 heterocycles. The van der Waals surface area contributed by atoms with Crippen molar-refractivity contribution in [1.82, 2.24) is 5.32 Å². The molecule has 4 heteroatoms. The molecule has 0 bridgehead atoms. The summed E-state index contributed by atoms with van der Waals surface area (Å²) in [5, 5.41) is 7.26. The highest BCUT2D eigenvalue weighted by atomic mass is 16.7. The zero-order valence-corrected chi connectivity index (χ0v) is 10.7. The van der Waals surface area contributed by atoms with Crippen LogP contribution in [0.5, 0.6) is 0 Å². The van der Waals surface area contributed by atoms with Crippen molar-refractivity contribution in [3.05, 3.63) is 0 Å². The Labute approximate surface area is 103 Å². The molecule has 0 aromatic carbocycles. The summed E-state index contributed by atoms with van der Waals surface area (Å²) in [4.78, 5) is 16.0. The van der Waals surface area contributed by atoms with Crippen molar-refractivity contribution in [3.8, 4) is 0 Å². The molecule has 1 fully saturated rings. The molecule has 1 N–H and O–H groups in total. The molecule has 0 radical (unpaired) electrons. The molecule has 1 saturated carbocycles. The summed E-state index contributed by atoms with van der Waals surface area (Å²) in [7, 11) is 0. The normalized spacial score (nSPS) is 28.1. The van der Waals surface area contributed by atoms with Gasteiger partial charge in [0.1, 0.15) is 5.92 Å². The number of hydrogen-bond donors (Lipinski definition) is 1. The summed E-state index contributed by atoms with van der Waals surface area (Å²) >= 11 is 0. The molecule has 3 unspecified atom stereocenters. The fourth-order valence-corrected chi connectivity index (χ4v) is 2.55. The van der Waals surface area contributed by atoms with Gasteiger partial charge in [0.2, 0.25) is 0 Å². The Morgan fingerprint density at radius 3 is 3.00 bits per heavy atom. The van der Waals surface area contributed by atoms with Gasteiger partial charge in [-0.3, -0.25) is 0 Å². The quantitative estimate of drug-likeness (QED) is 0.691. The smallest absolute Gasteiger partial charge is 0.317 e. The Hall–Kier alpha value is -0.900. The standard InChI is InChI=1S/C13H22N2O2/c1-3-5-6-9(4-2)8-14-10-7-11-12(10)13(16)17-15-11/h9-10,12,14H,3-8H2,1-2H3. The monoisotopic (exact) mass is 238 g/mol. The maximum absolute atomic E-state index is 11.4. The van der Waals surface area contributed by atoms with Crippen molar-refractivity contribution >= 4 is 11.7 Å². The van der Waals surface area contributed by atoms with Crippen LogP contribution >= 0.6 is 0 Å². The molecule has 0 amide bonds. The van der Waals surface area contributed by atoms with Crippen LogP contribution in [0.15, 0.2) is 5.16 Å².